The molecule has 0 fully saturated rings. The number of hydrogen-bond donors (Lipinski definition) is 2. The molecule has 0 aliphatic rings. The normalized spacial score (nSPS) is 17.1. The summed E-state index contributed by atoms with van der Waals surface area (Å²) < 4.78 is 18.1. The van der Waals surface area contributed by atoms with Crippen LogP contribution in [0.2, 0.25) is 0 Å². The van der Waals surface area contributed by atoms with Gasteiger partial charge in [-0.15, -0.1) is 9.57 Å². The van der Waals surface area contributed by atoms with Gasteiger partial charge in [0.05, 0.1) is 4.67 Å². The first kappa shape index (κ1) is 12.6. The predicted octanol–water partition coefficient (Wildman–Crippen LogP) is 1.69. The Kier molecular flexibility index (Phi) is 6.41. The van der Waals surface area contributed by atoms with Crippen LogP contribution in [-0.2, 0) is 25.7 Å². The van der Waals surface area contributed by atoms with Gasteiger partial charge in [0.2, 0.25) is 6.49 Å². The highest BCUT2D eigenvalue weighted by atomic mass is 32.5. The number of rotatable bonds is 6. The lowest BCUT2D eigenvalue weighted by Gasteiger charge is -2.07. The van der Waals surface area contributed by atoms with Crippen LogP contribution >= 0.6 is 14.7 Å². The van der Waals surface area contributed by atoms with Crippen LogP contribution in [-0.4, -0.2) is 15.9 Å². The molecule has 0 radical (unpaired) electrons. The Balaban J connectivity index is 3.71. The summed E-state index contributed by atoms with van der Waals surface area (Å²) in [4.78, 5) is 17.4. The molecule has 0 aliphatic heterocycles. The van der Waals surface area contributed by atoms with E-state index in [0.717, 1.165) is 6.42 Å². The summed E-state index contributed by atoms with van der Waals surface area (Å²) in [6.45, 7) is -1.06. The van der Waals surface area contributed by atoms with E-state index in [4.69, 9.17) is 4.89 Å². The van der Waals surface area contributed by atoms with Crippen molar-refractivity contribution in [1.82, 2.24) is 0 Å². The summed E-state index contributed by atoms with van der Waals surface area (Å²) >= 11 is 4.61. The summed E-state index contributed by atoms with van der Waals surface area (Å²) in [5.74, 6) is 0. The van der Waals surface area contributed by atoms with Gasteiger partial charge >= 0.3 is 8.25 Å². The molecule has 72 valence electrons. The van der Waals surface area contributed by atoms with Gasteiger partial charge in [-0.3, -0.25) is 0 Å². The standard InChI is InChI=1S/C4H10O5P2S/c1-2-3-4-11(7,12)9-8-10(5)6/h2-4H2,1H3,(H-,5,6,7,12)/p+1. The molecule has 0 aromatic carbocycles. The van der Waals surface area contributed by atoms with Crippen molar-refractivity contribution in [3.05, 3.63) is 0 Å². The molecule has 12 heavy (non-hydrogen) atoms. The second kappa shape index (κ2) is 6.11. The Morgan fingerprint density at radius 3 is 2.67 bits per heavy atom. The SMILES string of the molecule is CCCCP(O)(=S)OO[P+](=O)O. The second-order valence-corrected chi connectivity index (χ2v) is 6.31. The number of unbranched alkanes of at least 4 members (excludes halogenated alkanes) is 1. The van der Waals surface area contributed by atoms with Crippen LogP contribution in [0, 0.1) is 0 Å². The van der Waals surface area contributed by atoms with Crippen molar-refractivity contribution < 1.29 is 23.7 Å². The molecular formula is C4H11O5P2S+. The summed E-state index contributed by atoms with van der Waals surface area (Å²) in [7, 11) is -2.85. The molecule has 0 aliphatic carbocycles. The van der Waals surface area contributed by atoms with E-state index in [1.165, 1.54) is 0 Å². The third-order valence-corrected chi connectivity index (χ3v) is 3.25. The van der Waals surface area contributed by atoms with Crippen molar-refractivity contribution in [2.45, 2.75) is 19.8 Å². The Labute approximate surface area is 76.8 Å². The fourth-order valence-corrected chi connectivity index (χ4v) is 2.54. The molecule has 0 amide bonds. The highest BCUT2D eigenvalue weighted by Gasteiger charge is 2.22. The maximum Gasteiger partial charge on any atom is 0.726 e. The molecule has 0 aromatic heterocycles. The third kappa shape index (κ3) is 7.25. The average Bonchev–Trinajstić information content (AvgIpc) is 1.98. The molecule has 5 nitrogen and oxygen atoms in total. The minimum Gasteiger partial charge on any atom is -0.343 e. The Morgan fingerprint density at radius 2 is 2.25 bits per heavy atom. The van der Waals surface area contributed by atoms with Crippen LogP contribution in [0.15, 0.2) is 0 Å². The van der Waals surface area contributed by atoms with Gasteiger partial charge in [-0.2, -0.15) is 0 Å². The molecule has 0 spiro atoms. The van der Waals surface area contributed by atoms with Crippen molar-refractivity contribution in [3.8, 4) is 0 Å². The number of hydrogen-bond acceptors (Lipinski definition) is 4. The summed E-state index contributed by atoms with van der Waals surface area (Å²) in [6, 6.07) is 0. The van der Waals surface area contributed by atoms with Crippen molar-refractivity contribution in [1.29, 1.82) is 0 Å². The molecule has 0 heterocycles. The monoisotopic (exact) mass is 233 g/mol. The molecule has 8 heteroatoms. The van der Waals surface area contributed by atoms with Gasteiger partial charge in [0.1, 0.15) is 0 Å². The van der Waals surface area contributed by atoms with Gasteiger partial charge in [-0.05, 0) is 18.2 Å². The van der Waals surface area contributed by atoms with Crippen molar-refractivity contribution in [2.75, 3.05) is 6.16 Å². The smallest absolute Gasteiger partial charge is 0.343 e. The van der Waals surface area contributed by atoms with E-state index in [9.17, 15) is 9.46 Å². The Bertz CT molecular complexity index is 196. The van der Waals surface area contributed by atoms with E-state index in [1.807, 2.05) is 6.92 Å². The Morgan fingerprint density at radius 1 is 1.67 bits per heavy atom. The molecule has 2 unspecified atom stereocenters. The lowest BCUT2D eigenvalue weighted by atomic mass is 10.4. The molecule has 0 aromatic rings. The lowest BCUT2D eigenvalue weighted by Crippen LogP contribution is -1.92. The van der Waals surface area contributed by atoms with Crippen LogP contribution in [0.5, 0.6) is 0 Å². The first-order valence-corrected chi connectivity index (χ1v) is 7.31. The average molecular weight is 233 g/mol. The van der Waals surface area contributed by atoms with Gasteiger partial charge in [0.15, 0.2) is 0 Å². The molecule has 0 rings (SSSR count). The molecule has 0 saturated heterocycles. The molecular weight excluding hydrogens is 222 g/mol. The first-order valence-electron chi connectivity index (χ1n) is 3.32. The quantitative estimate of drug-likeness (QED) is 0.413. The zero-order valence-electron chi connectivity index (χ0n) is 6.54. The summed E-state index contributed by atoms with van der Waals surface area (Å²) in [5, 5.41) is 0. The van der Waals surface area contributed by atoms with Crippen LogP contribution in [0.25, 0.3) is 0 Å². The van der Waals surface area contributed by atoms with Gasteiger partial charge < -0.3 is 4.89 Å². The molecule has 0 saturated carbocycles. The summed E-state index contributed by atoms with van der Waals surface area (Å²) in [6.07, 6.45) is 1.87. The third-order valence-electron chi connectivity index (χ3n) is 1.01. The van der Waals surface area contributed by atoms with Gasteiger partial charge in [0, 0.05) is 10.7 Å². The second-order valence-electron chi connectivity index (χ2n) is 2.10. The minimum atomic E-state index is -3.00. The molecule has 2 N–H and O–H groups in total. The lowest BCUT2D eigenvalue weighted by molar-refractivity contribution is -0.101. The van der Waals surface area contributed by atoms with Crippen LogP contribution in [0.3, 0.4) is 0 Å². The van der Waals surface area contributed by atoms with E-state index in [0.29, 0.717) is 12.6 Å². The van der Waals surface area contributed by atoms with E-state index < -0.39 is 14.7 Å². The topological polar surface area (TPSA) is 76.0 Å². The molecule has 2 atom stereocenters. The fourth-order valence-electron chi connectivity index (χ4n) is 0.476. The van der Waals surface area contributed by atoms with E-state index in [-0.39, 0.29) is 0 Å². The fraction of sp³-hybridized carbons (Fsp3) is 1.00. The Hall–Kier alpha value is 0.590. The largest absolute Gasteiger partial charge is 0.726 e. The molecule has 0 bridgehead atoms. The zero-order chi connectivity index (χ0) is 9.61. The van der Waals surface area contributed by atoms with Gasteiger partial charge in [-0.25, -0.2) is 0 Å². The zero-order valence-corrected chi connectivity index (χ0v) is 9.15. The van der Waals surface area contributed by atoms with E-state index >= 15 is 0 Å². The highest BCUT2D eigenvalue weighted by molar-refractivity contribution is 8.09. The van der Waals surface area contributed by atoms with Crippen LogP contribution < -0.4 is 0 Å². The first-order chi connectivity index (χ1) is 5.48. The van der Waals surface area contributed by atoms with E-state index in [2.05, 4.69) is 21.2 Å². The maximum absolute atomic E-state index is 9.98. The summed E-state index contributed by atoms with van der Waals surface area (Å²) in [5.41, 5.74) is 0. The minimum absolute atomic E-state index is 0.294. The predicted molar refractivity (Wildman–Crippen MR) is 48.3 cm³/mol. The van der Waals surface area contributed by atoms with Crippen molar-refractivity contribution >= 4 is 26.6 Å². The van der Waals surface area contributed by atoms with Crippen molar-refractivity contribution in [3.63, 3.8) is 0 Å². The maximum atomic E-state index is 9.98. The van der Waals surface area contributed by atoms with Gasteiger partial charge in [-0.1, -0.05) is 13.3 Å². The highest BCUT2D eigenvalue weighted by Crippen LogP contribution is 2.45. The van der Waals surface area contributed by atoms with Crippen LogP contribution in [0.4, 0.5) is 0 Å². The van der Waals surface area contributed by atoms with Crippen LogP contribution in [0.1, 0.15) is 19.8 Å². The van der Waals surface area contributed by atoms with Crippen molar-refractivity contribution in [2.24, 2.45) is 0 Å². The van der Waals surface area contributed by atoms with E-state index in [1.54, 1.807) is 0 Å². The van der Waals surface area contributed by atoms with Gasteiger partial charge in [0.25, 0.3) is 0 Å².